The molecule has 1 N–H and O–H groups in total. The van der Waals surface area contributed by atoms with Gasteiger partial charge in [0, 0.05) is 42.0 Å². The fourth-order valence-corrected chi connectivity index (χ4v) is 6.00. The van der Waals surface area contributed by atoms with E-state index in [1.54, 1.807) is 0 Å². The molecule has 0 atom stereocenters. The van der Waals surface area contributed by atoms with Crippen molar-refractivity contribution in [2.24, 2.45) is 0 Å². The van der Waals surface area contributed by atoms with Gasteiger partial charge in [-0.3, -0.25) is 0 Å². The fourth-order valence-electron chi connectivity index (χ4n) is 4.75. The van der Waals surface area contributed by atoms with Crippen LogP contribution in [0.15, 0.2) is 84.9 Å². The van der Waals surface area contributed by atoms with Crippen molar-refractivity contribution >= 4 is 74.9 Å². The zero-order valence-electron chi connectivity index (χ0n) is 15.0. The normalized spacial score (nSPS) is 12.3. The van der Waals surface area contributed by atoms with Crippen LogP contribution in [0.5, 0.6) is 0 Å². The molecule has 130 valence electrons. The van der Waals surface area contributed by atoms with Crippen molar-refractivity contribution in [2.75, 3.05) is 0 Å². The Labute approximate surface area is 164 Å². The molecule has 7 rings (SSSR count). The Morgan fingerprint density at radius 1 is 0.500 bits per heavy atom. The molecule has 2 heteroatoms. The Kier molecular flexibility index (Phi) is 2.68. The van der Waals surface area contributed by atoms with Gasteiger partial charge in [-0.25, -0.2) is 0 Å². The van der Waals surface area contributed by atoms with Gasteiger partial charge in [0.25, 0.3) is 0 Å². The molecule has 0 spiro atoms. The maximum atomic E-state index is 3.66. The highest BCUT2D eigenvalue weighted by Gasteiger charge is 2.15. The molecular weight excluding hydrogens is 358 g/mol. The minimum absolute atomic E-state index is 1.21. The maximum absolute atomic E-state index is 3.66. The molecule has 0 unspecified atom stereocenters. The second kappa shape index (κ2) is 5.12. The molecule has 0 fully saturated rings. The van der Waals surface area contributed by atoms with E-state index in [0.717, 1.165) is 0 Å². The predicted molar refractivity (Wildman–Crippen MR) is 124 cm³/mol. The number of hydrogen-bond acceptors (Lipinski definition) is 1. The molecule has 0 bridgehead atoms. The monoisotopic (exact) mass is 373 g/mol. The van der Waals surface area contributed by atoms with E-state index in [9.17, 15) is 0 Å². The standard InChI is InChI=1S/C26H15NS/c1-2-6-16-15(5-1)9-10-19-17(16)11-13-21-24(19)25-22(27-21)14-12-20-18-7-3-4-8-23(18)28-26(20)25/h1-14,27H. The first-order valence-corrected chi connectivity index (χ1v) is 10.4. The van der Waals surface area contributed by atoms with Crippen LogP contribution in [0.1, 0.15) is 0 Å². The number of H-pyrrole nitrogens is 1. The van der Waals surface area contributed by atoms with E-state index in [4.69, 9.17) is 0 Å². The highest BCUT2D eigenvalue weighted by molar-refractivity contribution is 7.26. The number of nitrogens with one attached hydrogen (secondary N) is 1. The SMILES string of the molecule is c1ccc2c(c1)ccc1c2ccc2[nH]c3ccc4c5ccccc5sc4c3c21. The summed E-state index contributed by atoms with van der Waals surface area (Å²) in [5, 5.41) is 10.7. The number of hydrogen-bond donors (Lipinski definition) is 1. The van der Waals surface area contributed by atoms with Crippen LogP contribution in [-0.2, 0) is 0 Å². The lowest BCUT2D eigenvalue weighted by Gasteiger charge is -2.05. The molecule has 0 aliphatic rings. The van der Waals surface area contributed by atoms with E-state index < -0.39 is 0 Å². The van der Waals surface area contributed by atoms with Crippen LogP contribution in [-0.4, -0.2) is 4.98 Å². The molecule has 2 heterocycles. The van der Waals surface area contributed by atoms with Gasteiger partial charge in [0.2, 0.25) is 0 Å². The number of aromatic amines is 1. The number of aromatic nitrogens is 1. The molecule has 0 amide bonds. The first kappa shape index (κ1) is 14.7. The van der Waals surface area contributed by atoms with E-state index in [0.29, 0.717) is 0 Å². The molecular formula is C26H15NS. The van der Waals surface area contributed by atoms with Crippen LogP contribution < -0.4 is 0 Å². The summed E-state index contributed by atoms with van der Waals surface area (Å²) >= 11 is 1.90. The first-order valence-electron chi connectivity index (χ1n) is 9.54. The van der Waals surface area contributed by atoms with Gasteiger partial charge in [-0.2, -0.15) is 0 Å². The van der Waals surface area contributed by atoms with Crippen LogP contribution in [0.2, 0.25) is 0 Å². The summed E-state index contributed by atoms with van der Waals surface area (Å²) in [6, 6.07) is 30.9. The third kappa shape index (κ3) is 1.76. The Balaban J connectivity index is 1.78. The molecule has 0 radical (unpaired) electrons. The summed E-state index contributed by atoms with van der Waals surface area (Å²) in [7, 11) is 0. The van der Waals surface area contributed by atoms with Crippen LogP contribution >= 0.6 is 11.3 Å². The molecule has 0 saturated carbocycles. The van der Waals surface area contributed by atoms with Gasteiger partial charge in [-0.15, -0.1) is 11.3 Å². The van der Waals surface area contributed by atoms with Gasteiger partial charge in [0.1, 0.15) is 0 Å². The molecule has 1 nitrogen and oxygen atoms in total. The number of thiophene rings is 1. The second-order valence-corrected chi connectivity index (χ2v) is 8.51. The smallest absolute Gasteiger partial charge is 0.0479 e. The second-order valence-electron chi connectivity index (χ2n) is 7.46. The van der Waals surface area contributed by atoms with Crippen LogP contribution in [0.3, 0.4) is 0 Å². The summed E-state index contributed by atoms with van der Waals surface area (Å²) < 4.78 is 2.73. The molecule has 2 aromatic heterocycles. The summed E-state index contributed by atoms with van der Waals surface area (Å²) in [6.07, 6.45) is 0. The Morgan fingerprint density at radius 3 is 2.14 bits per heavy atom. The van der Waals surface area contributed by atoms with Gasteiger partial charge in [0.05, 0.1) is 0 Å². The number of fused-ring (bicyclic) bond motifs is 11. The lowest BCUT2D eigenvalue weighted by Crippen LogP contribution is -1.79. The fraction of sp³-hybridized carbons (Fsp3) is 0. The van der Waals surface area contributed by atoms with Crippen molar-refractivity contribution in [3.8, 4) is 0 Å². The minimum atomic E-state index is 1.21. The van der Waals surface area contributed by atoms with E-state index in [-0.39, 0.29) is 0 Å². The average Bonchev–Trinajstić information content (AvgIpc) is 3.31. The van der Waals surface area contributed by atoms with Crippen molar-refractivity contribution in [3.05, 3.63) is 84.9 Å². The van der Waals surface area contributed by atoms with Gasteiger partial charge >= 0.3 is 0 Å². The Morgan fingerprint density at radius 2 is 1.21 bits per heavy atom. The van der Waals surface area contributed by atoms with Crippen molar-refractivity contribution in [1.82, 2.24) is 4.98 Å². The quantitative estimate of drug-likeness (QED) is 0.259. The van der Waals surface area contributed by atoms with Crippen LogP contribution in [0.4, 0.5) is 0 Å². The molecule has 0 aliphatic carbocycles. The van der Waals surface area contributed by atoms with Gasteiger partial charge < -0.3 is 4.98 Å². The summed E-state index contributed by atoms with van der Waals surface area (Å²) in [5.74, 6) is 0. The summed E-state index contributed by atoms with van der Waals surface area (Å²) in [4.78, 5) is 3.66. The minimum Gasteiger partial charge on any atom is -0.354 e. The highest BCUT2D eigenvalue weighted by atomic mass is 32.1. The number of rotatable bonds is 0. The van der Waals surface area contributed by atoms with Gasteiger partial charge in [0.15, 0.2) is 0 Å². The van der Waals surface area contributed by atoms with E-state index in [1.165, 1.54) is 63.5 Å². The Hall–Kier alpha value is -3.36. The third-order valence-corrected chi connectivity index (χ3v) is 7.20. The molecule has 0 aliphatic heterocycles. The summed E-state index contributed by atoms with van der Waals surface area (Å²) in [6.45, 7) is 0. The summed E-state index contributed by atoms with van der Waals surface area (Å²) in [5.41, 5.74) is 2.43. The number of benzene rings is 5. The Bertz CT molecular complexity index is 1720. The van der Waals surface area contributed by atoms with Crippen LogP contribution in [0, 0.1) is 0 Å². The highest BCUT2D eigenvalue weighted by Crippen LogP contribution is 2.43. The first-order chi connectivity index (χ1) is 13.9. The molecule has 7 aromatic rings. The van der Waals surface area contributed by atoms with E-state index in [1.807, 2.05) is 11.3 Å². The van der Waals surface area contributed by atoms with E-state index in [2.05, 4.69) is 89.9 Å². The van der Waals surface area contributed by atoms with Crippen molar-refractivity contribution in [3.63, 3.8) is 0 Å². The molecule has 0 saturated heterocycles. The largest absolute Gasteiger partial charge is 0.354 e. The third-order valence-electron chi connectivity index (χ3n) is 5.99. The maximum Gasteiger partial charge on any atom is 0.0479 e. The topological polar surface area (TPSA) is 15.8 Å². The zero-order valence-corrected chi connectivity index (χ0v) is 15.8. The van der Waals surface area contributed by atoms with Crippen LogP contribution in [0.25, 0.3) is 63.5 Å². The lowest BCUT2D eigenvalue weighted by atomic mass is 9.98. The van der Waals surface area contributed by atoms with Crippen molar-refractivity contribution < 1.29 is 0 Å². The van der Waals surface area contributed by atoms with E-state index >= 15 is 0 Å². The van der Waals surface area contributed by atoms with Crippen molar-refractivity contribution in [2.45, 2.75) is 0 Å². The molecule has 28 heavy (non-hydrogen) atoms. The van der Waals surface area contributed by atoms with Gasteiger partial charge in [-0.1, -0.05) is 66.7 Å². The predicted octanol–water partition coefficient (Wildman–Crippen LogP) is 8.00. The zero-order chi connectivity index (χ0) is 18.2. The van der Waals surface area contributed by atoms with Gasteiger partial charge in [-0.05, 0) is 39.7 Å². The molecule has 5 aromatic carbocycles. The average molecular weight is 373 g/mol. The van der Waals surface area contributed by atoms with Crippen molar-refractivity contribution in [1.29, 1.82) is 0 Å². The lowest BCUT2D eigenvalue weighted by molar-refractivity contribution is 1.56.